The Labute approximate surface area is 60.5 Å². The highest BCUT2D eigenvalue weighted by atomic mass is 35.5. The number of carbonyl (C=O) groups is 2. The second-order valence-electron chi connectivity index (χ2n) is 0.920. The molecule has 0 saturated heterocycles. The minimum atomic E-state index is -1.26. The number of carbonyl (C=O) groups excluding carboxylic acids is 2. The van der Waals surface area contributed by atoms with E-state index in [2.05, 4.69) is 10.5 Å². The van der Waals surface area contributed by atoms with Gasteiger partial charge in [-0.3, -0.25) is 0 Å². The molecule has 7 heteroatoms. The van der Waals surface area contributed by atoms with Crippen LogP contribution in [0.1, 0.15) is 0 Å². The zero-order valence-corrected chi connectivity index (χ0v) is 5.52. The Hall–Kier alpha value is -0.680. The molecule has 52 valence electrons. The lowest BCUT2D eigenvalue weighted by molar-refractivity contribution is 0.152. The summed E-state index contributed by atoms with van der Waals surface area (Å²) in [6.07, 6.45) is -2.49. The van der Waals surface area contributed by atoms with E-state index in [0.29, 0.717) is 0 Å². The number of halogens is 2. The minimum Gasteiger partial charge on any atom is -0.358 e. The summed E-state index contributed by atoms with van der Waals surface area (Å²) in [5.41, 5.74) is 4.41. The van der Waals surface area contributed by atoms with Gasteiger partial charge in [-0.25, -0.2) is 9.59 Å². The van der Waals surface area contributed by atoms with Crippen molar-refractivity contribution in [2.75, 3.05) is 0 Å². The molecule has 0 aliphatic rings. The van der Waals surface area contributed by atoms with Gasteiger partial charge in [-0.15, -0.1) is 3.94 Å². The maximum absolute atomic E-state index is 10.1. The number of ether oxygens (including phenoxy) is 1. The third-order valence-electron chi connectivity index (χ3n) is 0.326. The second kappa shape index (κ2) is 3.37. The zero-order valence-electron chi connectivity index (χ0n) is 4.01. The van der Waals surface area contributed by atoms with Crippen molar-refractivity contribution in [3.8, 4) is 0 Å². The van der Waals surface area contributed by atoms with Crippen LogP contribution in [0.2, 0.25) is 0 Å². The van der Waals surface area contributed by atoms with Crippen molar-refractivity contribution in [3.63, 3.8) is 0 Å². The summed E-state index contributed by atoms with van der Waals surface area (Å²) >= 11 is 9.58. The maximum atomic E-state index is 10.1. The monoisotopic (exact) mass is 172 g/mol. The van der Waals surface area contributed by atoms with Gasteiger partial charge in [0.25, 0.3) is 0 Å². The third kappa shape index (κ3) is 3.87. The first-order chi connectivity index (χ1) is 4.04. The summed E-state index contributed by atoms with van der Waals surface area (Å²) in [5, 5.41) is 0. The van der Waals surface area contributed by atoms with Crippen molar-refractivity contribution in [1.82, 2.24) is 3.94 Å². The van der Waals surface area contributed by atoms with Gasteiger partial charge in [0.05, 0.1) is 0 Å². The zero-order chi connectivity index (χ0) is 7.44. The highest BCUT2D eigenvalue weighted by Gasteiger charge is 2.11. The lowest BCUT2D eigenvalue weighted by Gasteiger charge is -1.99. The molecule has 5 nitrogen and oxygen atoms in total. The van der Waals surface area contributed by atoms with Gasteiger partial charge in [0.15, 0.2) is 0 Å². The topological polar surface area (TPSA) is 72.6 Å². The van der Waals surface area contributed by atoms with E-state index >= 15 is 0 Å². The van der Waals surface area contributed by atoms with Crippen molar-refractivity contribution in [2.24, 2.45) is 5.73 Å². The van der Waals surface area contributed by atoms with E-state index in [-0.39, 0.29) is 3.94 Å². The lowest BCUT2D eigenvalue weighted by Crippen LogP contribution is -2.22. The Balaban J connectivity index is 3.64. The highest BCUT2D eigenvalue weighted by Crippen LogP contribution is 2.00. The summed E-state index contributed by atoms with van der Waals surface area (Å²) in [6.45, 7) is 0. The van der Waals surface area contributed by atoms with Crippen LogP contribution in [0.4, 0.5) is 9.59 Å². The average Bonchev–Trinajstić information content (AvgIpc) is 1.63. The Morgan fingerprint density at radius 2 is 1.89 bits per heavy atom. The summed E-state index contributed by atoms with van der Waals surface area (Å²) in [5.74, 6) is 0. The molecule has 0 aromatic carbocycles. The molecule has 0 unspecified atom stereocenters. The molecule has 9 heavy (non-hydrogen) atoms. The molecule has 0 fully saturated rings. The van der Waals surface area contributed by atoms with Crippen molar-refractivity contribution in [1.29, 1.82) is 0 Å². The number of rotatable bonds is 0. The van der Waals surface area contributed by atoms with Crippen LogP contribution in [0.3, 0.4) is 0 Å². The van der Waals surface area contributed by atoms with Gasteiger partial charge in [0.1, 0.15) is 0 Å². The number of nitrogens with zero attached hydrogens (tertiary/aromatic N) is 1. The molecular weight excluding hydrogens is 171 g/mol. The predicted molar refractivity (Wildman–Crippen MR) is 29.6 cm³/mol. The van der Waals surface area contributed by atoms with Crippen molar-refractivity contribution < 1.29 is 14.3 Å². The van der Waals surface area contributed by atoms with Gasteiger partial charge in [-0.2, -0.15) is 0 Å². The molecular formula is C2H2Cl2N2O3. The number of nitrogens with two attached hydrogens (primary N) is 1. The van der Waals surface area contributed by atoms with Crippen LogP contribution in [0.5, 0.6) is 0 Å². The van der Waals surface area contributed by atoms with Crippen LogP contribution in [0.15, 0.2) is 0 Å². The Morgan fingerprint density at radius 1 is 1.44 bits per heavy atom. The number of hydrogen-bond acceptors (Lipinski definition) is 3. The fraction of sp³-hybridized carbons (Fsp3) is 0. The van der Waals surface area contributed by atoms with Crippen LogP contribution in [-0.4, -0.2) is 16.1 Å². The first-order valence-corrected chi connectivity index (χ1v) is 2.34. The number of amides is 2. The molecule has 0 rings (SSSR count). The van der Waals surface area contributed by atoms with E-state index in [4.69, 9.17) is 23.6 Å². The Kier molecular flexibility index (Phi) is 3.11. The fourth-order valence-electron chi connectivity index (χ4n) is 0.121. The average molecular weight is 173 g/mol. The Bertz CT molecular complexity index is 136. The third-order valence-corrected chi connectivity index (χ3v) is 0.602. The van der Waals surface area contributed by atoms with E-state index in [1.807, 2.05) is 0 Å². The molecule has 0 aromatic heterocycles. The maximum Gasteiger partial charge on any atom is 0.448 e. The van der Waals surface area contributed by atoms with Crippen LogP contribution in [-0.2, 0) is 4.74 Å². The Morgan fingerprint density at radius 3 is 2.00 bits per heavy atom. The number of hydrogen-bond donors (Lipinski definition) is 1. The molecule has 2 amide bonds. The van der Waals surface area contributed by atoms with Gasteiger partial charge >= 0.3 is 12.2 Å². The van der Waals surface area contributed by atoms with E-state index < -0.39 is 12.2 Å². The first-order valence-electron chi connectivity index (χ1n) is 1.67. The summed E-state index contributed by atoms with van der Waals surface area (Å²) in [7, 11) is 0. The van der Waals surface area contributed by atoms with E-state index in [1.54, 1.807) is 0 Å². The molecule has 0 heterocycles. The van der Waals surface area contributed by atoms with Gasteiger partial charge in [-0.05, 0) is 0 Å². The van der Waals surface area contributed by atoms with Gasteiger partial charge in [-0.1, -0.05) is 0 Å². The van der Waals surface area contributed by atoms with E-state index in [0.717, 1.165) is 0 Å². The van der Waals surface area contributed by atoms with Gasteiger partial charge in [0.2, 0.25) is 0 Å². The first kappa shape index (κ1) is 8.32. The van der Waals surface area contributed by atoms with Crippen molar-refractivity contribution in [2.45, 2.75) is 0 Å². The minimum absolute atomic E-state index is 0.0464. The molecule has 0 radical (unpaired) electrons. The predicted octanol–water partition coefficient (Wildman–Crippen LogP) is 0.811. The van der Waals surface area contributed by atoms with Crippen LogP contribution in [0, 0.1) is 0 Å². The standard InChI is InChI=1S/C2H2Cl2N2O3/c3-6(4)2(8)9-1(5)7/h(H2,5,7). The van der Waals surface area contributed by atoms with Gasteiger partial charge < -0.3 is 10.5 Å². The highest BCUT2D eigenvalue weighted by molar-refractivity contribution is 6.40. The lowest BCUT2D eigenvalue weighted by atomic mass is 11.1. The molecule has 0 saturated carbocycles. The molecule has 2 N–H and O–H groups in total. The van der Waals surface area contributed by atoms with Crippen molar-refractivity contribution in [3.05, 3.63) is 0 Å². The fourth-order valence-corrected chi connectivity index (χ4v) is 0.190. The molecule has 0 bridgehead atoms. The molecule has 0 atom stereocenters. The van der Waals surface area contributed by atoms with Crippen LogP contribution in [0.25, 0.3) is 0 Å². The largest absolute Gasteiger partial charge is 0.448 e. The normalized spacial score (nSPS) is 8.22. The number of primary amides is 1. The summed E-state index contributed by atoms with van der Waals surface area (Å²) < 4.78 is 3.72. The second-order valence-corrected chi connectivity index (χ2v) is 1.77. The van der Waals surface area contributed by atoms with Crippen LogP contribution >= 0.6 is 23.6 Å². The van der Waals surface area contributed by atoms with E-state index in [1.165, 1.54) is 0 Å². The molecule has 0 spiro atoms. The molecule has 0 aliphatic heterocycles. The summed E-state index contributed by atoms with van der Waals surface area (Å²) in [6, 6.07) is 0. The van der Waals surface area contributed by atoms with E-state index in [9.17, 15) is 9.59 Å². The molecule has 0 aromatic rings. The SMILES string of the molecule is NC(=O)OC(=O)N(Cl)Cl. The molecule has 0 aliphatic carbocycles. The van der Waals surface area contributed by atoms with Gasteiger partial charge in [0, 0.05) is 23.6 Å². The quantitative estimate of drug-likeness (QED) is 0.435. The van der Waals surface area contributed by atoms with Crippen LogP contribution < -0.4 is 5.73 Å². The smallest absolute Gasteiger partial charge is 0.358 e. The van der Waals surface area contributed by atoms with Crippen molar-refractivity contribution >= 4 is 35.7 Å². The summed E-state index contributed by atoms with van der Waals surface area (Å²) in [4.78, 5) is 19.8.